The number of carbonyl (C=O) groups excluding carboxylic acids is 2. The molecule has 1 N–H and O–H groups in total. The van der Waals surface area contributed by atoms with Crippen LogP contribution in [0.15, 0.2) is 48.5 Å². The third kappa shape index (κ3) is 5.31. The standard InChI is InChI=1S/C25H30ClN3O3/c1-18-9-10-21(16-22(18)26)27-24(30)23(19-6-3-2-4-7-19)29-11-5-8-20(17-29)25(31)28-12-14-32-15-13-28/h2-4,6-7,9-10,16,20,23H,5,8,11-15,17H2,1H3,(H,27,30)/t20-,23-/m1/s1. The fraction of sp³-hybridized carbons (Fsp3) is 0.440. The van der Waals surface area contributed by atoms with Crippen molar-refractivity contribution < 1.29 is 14.3 Å². The summed E-state index contributed by atoms with van der Waals surface area (Å²) in [5.74, 6) is -0.0409. The number of hydrogen-bond donors (Lipinski definition) is 1. The first-order valence-corrected chi connectivity index (χ1v) is 11.6. The van der Waals surface area contributed by atoms with E-state index in [1.807, 2.05) is 54.3 Å². The van der Waals surface area contributed by atoms with Crippen LogP contribution < -0.4 is 5.32 Å². The lowest BCUT2D eigenvalue weighted by molar-refractivity contribution is -0.142. The average Bonchev–Trinajstić information content (AvgIpc) is 2.82. The fourth-order valence-corrected chi connectivity index (χ4v) is 4.71. The van der Waals surface area contributed by atoms with Crippen molar-refractivity contribution in [3.8, 4) is 0 Å². The first-order chi connectivity index (χ1) is 15.5. The zero-order valence-corrected chi connectivity index (χ0v) is 19.2. The normalized spacial score (nSPS) is 20.6. The van der Waals surface area contributed by atoms with Gasteiger partial charge < -0.3 is 15.0 Å². The van der Waals surface area contributed by atoms with Gasteiger partial charge in [0, 0.05) is 30.3 Å². The Morgan fingerprint density at radius 3 is 2.56 bits per heavy atom. The van der Waals surface area contributed by atoms with E-state index in [-0.39, 0.29) is 17.7 Å². The van der Waals surface area contributed by atoms with Crippen molar-refractivity contribution in [2.75, 3.05) is 44.7 Å². The summed E-state index contributed by atoms with van der Waals surface area (Å²) in [5, 5.41) is 3.66. The molecule has 2 saturated heterocycles. The Morgan fingerprint density at radius 2 is 1.84 bits per heavy atom. The third-order valence-electron chi connectivity index (χ3n) is 6.29. The molecule has 2 fully saturated rings. The molecule has 2 atom stereocenters. The molecule has 4 rings (SSSR count). The van der Waals surface area contributed by atoms with Crippen molar-refractivity contribution in [3.05, 3.63) is 64.7 Å². The lowest BCUT2D eigenvalue weighted by atomic mass is 9.93. The number of ether oxygens (including phenoxy) is 1. The second kappa shape index (κ2) is 10.5. The first-order valence-electron chi connectivity index (χ1n) is 11.3. The van der Waals surface area contributed by atoms with Crippen LogP contribution in [0.25, 0.3) is 0 Å². The number of anilines is 1. The van der Waals surface area contributed by atoms with Crippen LogP contribution in [0.2, 0.25) is 5.02 Å². The Balaban J connectivity index is 1.53. The molecule has 0 radical (unpaired) electrons. The number of halogens is 1. The zero-order valence-electron chi connectivity index (χ0n) is 18.4. The maximum Gasteiger partial charge on any atom is 0.246 e. The molecule has 0 spiro atoms. The van der Waals surface area contributed by atoms with Crippen molar-refractivity contribution in [2.45, 2.75) is 25.8 Å². The molecule has 0 aromatic heterocycles. The van der Waals surface area contributed by atoms with Crippen LogP contribution in [0.4, 0.5) is 5.69 Å². The van der Waals surface area contributed by atoms with Gasteiger partial charge in [0.2, 0.25) is 11.8 Å². The highest BCUT2D eigenvalue weighted by molar-refractivity contribution is 6.31. The van der Waals surface area contributed by atoms with Crippen LogP contribution in [-0.4, -0.2) is 61.0 Å². The molecule has 2 aliphatic heterocycles. The summed E-state index contributed by atoms with van der Waals surface area (Å²) < 4.78 is 5.39. The fourth-order valence-electron chi connectivity index (χ4n) is 4.53. The molecule has 2 amide bonds. The predicted molar refractivity (Wildman–Crippen MR) is 126 cm³/mol. The Kier molecular flexibility index (Phi) is 7.45. The molecule has 0 aliphatic carbocycles. The highest BCUT2D eigenvalue weighted by Crippen LogP contribution is 2.30. The van der Waals surface area contributed by atoms with Gasteiger partial charge in [-0.05, 0) is 49.6 Å². The number of carbonyl (C=O) groups is 2. The summed E-state index contributed by atoms with van der Waals surface area (Å²) in [6.45, 7) is 5.75. The molecule has 2 aromatic rings. The first kappa shape index (κ1) is 22.8. The molecule has 2 heterocycles. The number of likely N-dealkylation sites (tertiary alicyclic amines) is 1. The number of amides is 2. The van der Waals surface area contributed by atoms with E-state index >= 15 is 0 Å². The average molecular weight is 456 g/mol. The SMILES string of the molecule is Cc1ccc(NC(=O)[C@@H](c2ccccc2)N2CCC[C@@H](C(=O)N3CCOCC3)C2)cc1Cl. The molecule has 32 heavy (non-hydrogen) atoms. The van der Waals surface area contributed by atoms with Crippen molar-refractivity contribution in [2.24, 2.45) is 5.92 Å². The van der Waals surface area contributed by atoms with E-state index in [0.717, 1.165) is 30.5 Å². The van der Waals surface area contributed by atoms with Crippen LogP contribution in [0.3, 0.4) is 0 Å². The van der Waals surface area contributed by atoms with Gasteiger partial charge in [-0.25, -0.2) is 0 Å². The maximum atomic E-state index is 13.5. The monoisotopic (exact) mass is 455 g/mol. The summed E-state index contributed by atoms with van der Waals surface area (Å²) >= 11 is 6.26. The number of hydrogen-bond acceptors (Lipinski definition) is 4. The van der Waals surface area contributed by atoms with Gasteiger partial charge in [-0.2, -0.15) is 0 Å². The van der Waals surface area contributed by atoms with Gasteiger partial charge in [-0.15, -0.1) is 0 Å². The minimum atomic E-state index is -0.475. The molecule has 7 heteroatoms. The van der Waals surface area contributed by atoms with Crippen LogP contribution in [0.5, 0.6) is 0 Å². The number of morpholine rings is 1. The highest BCUT2D eigenvalue weighted by Gasteiger charge is 2.36. The molecule has 0 saturated carbocycles. The van der Waals surface area contributed by atoms with Crippen molar-refractivity contribution >= 4 is 29.1 Å². The molecule has 170 valence electrons. The van der Waals surface area contributed by atoms with Gasteiger partial charge >= 0.3 is 0 Å². The Bertz CT molecular complexity index is 947. The quantitative estimate of drug-likeness (QED) is 0.742. The molecule has 2 aromatic carbocycles. The number of aryl methyl sites for hydroxylation is 1. The summed E-state index contributed by atoms with van der Waals surface area (Å²) in [7, 11) is 0. The molecular formula is C25H30ClN3O3. The Hall–Kier alpha value is -2.41. The number of nitrogens with zero attached hydrogens (tertiary/aromatic N) is 2. The summed E-state index contributed by atoms with van der Waals surface area (Å²) in [5.41, 5.74) is 2.55. The maximum absolute atomic E-state index is 13.5. The van der Waals surface area contributed by atoms with E-state index in [1.165, 1.54) is 0 Å². The highest BCUT2D eigenvalue weighted by atomic mass is 35.5. The minimum absolute atomic E-state index is 0.102. The molecule has 2 aliphatic rings. The molecular weight excluding hydrogens is 426 g/mol. The van der Waals surface area contributed by atoms with Gasteiger partial charge in [0.15, 0.2) is 0 Å². The minimum Gasteiger partial charge on any atom is -0.378 e. The summed E-state index contributed by atoms with van der Waals surface area (Å²) in [6, 6.07) is 14.8. The van der Waals surface area contributed by atoms with Crippen LogP contribution in [0.1, 0.15) is 30.0 Å². The topological polar surface area (TPSA) is 61.9 Å². The number of piperidine rings is 1. The van der Waals surface area contributed by atoms with Crippen LogP contribution >= 0.6 is 11.6 Å². The van der Waals surface area contributed by atoms with E-state index in [4.69, 9.17) is 16.3 Å². The van der Waals surface area contributed by atoms with E-state index in [1.54, 1.807) is 6.07 Å². The Labute approximate surface area is 194 Å². The number of benzene rings is 2. The molecule has 6 nitrogen and oxygen atoms in total. The third-order valence-corrected chi connectivity index (χ3v) is 6.70. The lowest BCUT2D eigenvalue weighted by Crippen LogP contribution is -2.50. The summed E-state index contributed by atoms with van der Waals surface area (Å²) in [6.07, 6.45) is 1.73. The van der Waals surface area contributed by atoms with Crippen LogP contribution in [0, 0.1) is 12.8 Å². The smallest absolute Gasteiger partial charge is 0.246 e. The van der Waals surface area contributed by atoms with Gasteiger partial charge in [0.05, 0.1) is 19.1 Å². The van der Waals surface area contributed by atoms with Gasteiger partial charge in [0.25, 0.3) is 0 Å². The second-order valence-electron chi connectivity index (χ2n) is 8.54. The second-order valence-corrected chi connectivity index (χ2v) is 8.95. The number of rotatable bonds is 5. The van der Waals surface area contributed by atoms with Crippen molar-refractivity contribution in [1.82, 2.24) is 9.80 Å². The van der Waals surface area contributed by atoms with E-state index < -0.39 is 6.04 Å². The Morgan fingerprint density at radius 1 is 1.09 bits per heavy atom. The largest absolute Gasteiger partial charge is 0.378 e. The lowest BCUT2D eigenvalue weighted by Gasteiger charge is -2.39. The van der Waals surface area contributed by atoms with E-state index in [0.29, 0.717) is 43.6 Å². The zero-order chi connectivity index (χ0) is 22.5. The van der Waals surface area contributed by atoms with Gasteiger partial charge in [-0.1, -0.05) is 48.0 Å². The van der Waals surface area contributed by atoms with Gasteiger partial charge in [-0.3, -0.25) is 14.5 Å². The molecule has 0 unspecified atom stereocenters. The van der Waals surface area contributed by atoms with Crippen molar-refractivity contribution in [3.63, 3.8) is 0 Å². The molecule has 0 bridgehead atoms. The van der Waals surface area contributed by atoms with E-state index in [9.17, 15) is 9.59 Å². The van der Waals surface area contributed by atoms with Gasteiger partial charge in [0.1, 0.15) is 6.04 Å². The number of nitrogens with one attached hydrogen (secondary N) is 1. The van der Waals surface area contributed by atoms with Crippen molar-refractivity contribution in [1.29, 1.82) is 0 Å². The van der Waals surface area contributed by atoms with E-state index in [2.05, 4.69) is 10.2 Å². The van der Waals surface area contributed by atoms with Crippen LogP contribution in [-0.2, 0) is 14.3 Å². The summed E-state index contributed by atoms with van der Waals surface area (Å²) in [4.78, 5) is 30.6. The predicted octanol–water partition coefficient (Wildman–Crippen LogP) is 3.90.